The Morgan fingerprint density at radius 2 is 1.85 bits per heavy atom. The number of amides is 2. The highest BCUT2D eigenvalue weighted by Gasteiger charge is 2.37. The van der Waals surface area contributed by atoms with E-state index in [2.05, 4.69) is 5.10 Å². The van der Waals surface area contributed by atoms with Gasteiger partial charge in [-0.25, -0.2) is 13.8 Å². The van der Waals surface area contributed by atoms with E-state index in [9.17, 15) is 18.4 Å². The summed E-state index contributed by atoms with van der Waals surface area (Å²) in [5.41, 5.74) is 1.57. The van der Waals surface area contributed by atoms with Gasteiger partial charge in [-0.15, -0.1) is 0 Å². The first-order chi connectivity index (χ1) is 16.0. The number of nitrogens with zero attached hydrogens (tertiary/aromatic N) is 3. The van der Waals surface area contributed by atoms with Gasteiger partial charge in [-0.1, -0.05) is 36.8 Å². The Bertz CT molecular complexity index is 1040. The predicted molar refractivity (Wildman–Crippen MR) is 119 cm³/mol. The van der Waals surface area contributed by atoms with Crippen LogP contribution < -0.4 is 0 Å². The number of ether oxygens (including phenoxy) is 1. The minimum Gasteiger partial charge on any atom is -0.383 e. The van der Waals surface area contributed by atoms with Crippen molar-refractivity contribution < 1.29 is 23.1 Å². The minimum atomic E-state index is -0.651. The summed E-state index contributed by atoms with van der Waals surface area (Å²) >= 11 is 0. The summed E-state index contributed by atoms with van der Waals surface area (Å²) < 4.78 is 33.2. The zero-order valence-corrected chi connectivity index (χ0v) is 18.5. The van der Waals surface area contributed by atoms with Gasteiger partial charge in [-0.3, -0.25) is 9.59 Å². The monoisotopic (exact) mass is 455 g/mol. The fraction of sp³-hybridized carbons (Fsp3) is 0.400. The molecule has 0 bridgehead atoms. The van der Waals surface area contributed by atoms with E-state index in [0.717, 1.165) is 19.3 Å². The second-order valence-electron chi connectivity index (χ2n) is 8.41. The molecule has 33 heavy (non-hydrogen) atoms. The molecule has 1 atom stereocenters. The van der Waals surface area contributed by atoms with Crippen molar-refractivity contribution in [3.05, 3.63) is 71.3 Å². The average molecular weight is 456 g/mol. The molecule has 1 saturated carbocycles. The molecular formula is C25H27F2N3O3. The Hall–Kier alpha value is -3.13. The lowest BCUT2D eigenvalue weighted by molar-refractivity contribution is -0.146. The molecule has 1 aliphatic heterocycles. The van der Waals surface area contributed by atoms with E-state index in [0.29, 0.717) is 30.0 Å². The highest BCUT2D eigenvalue weighted by molar-refractivity contribution is 6.03. The van der Waals surface area contributed by atoms with Gasteiger partial charge in [0.05, 0.1) is 18.4 Å². The van der Waals surface area contributed by atoms with Crippen molar-refractivity contribution in [3.8, 4) is 0 Å². The smallest absolute Gasteiger partial charge is 0.262 e. The van der Waals surface area contributed by atoms with Crippen LogP contribution >= 0.6 is 0 Å². The molecule has 1 fully saturated rings. The number of rotatable bonds is 8. The summed E-state index contributed by atoms with van der Waals surface area (Å²) in [5, 5.41) is 5.77. The van der Waals surface area contributed by atoms with Crippen LogP contribution in [0.3, 0.4) is 0 Å². The number of methoxy groups -OCH3 is 1. The van der Waals surface area contributed by atoms with Crippen molar-refractivity contribution in [1.29, 1.82) is 0 Å². The summed E-state index contributed by atoms with van der Waals surface area (Å²) in [6.07, 6.45) is 2.94. The first-order valence-electron chi connectivity index (χ1n) is 11.2. The molecule has 2 aromatic rings. The van der Waals surface area contributed by atoms with E-state index in [1.807, 2.05) is 0 Å². The second kappa shape index (κ2) is 10.2. The normalized spacial score (nSPS) is 18.1. The first kappa shape index (κ1) is 23.0. The van der Waals surface area contributed by atoms with E-state index < -0.39 is 17.8 Å². The van der Waals surface area contributed by atoms with Crippen molar-refractivity contribution in [1.82, 2.24) is 9.91 Å². The topological polar surface area (TPSA) is 62.2 Å². The maximum absolute atomic E-state index is 14.7. The highest BCUT2D eigenvalue weighted by Crippen LogP contribution is 2.34. The maximum atomic E-state index is 14.7. The Morgan fingerprint density at radius 3 is 2.48 bits per heavy atom. The molecule has 1 unspecified atom stereocenters. The predicted octanol–water partition coefficient (Wildman–Crippen LogP) is 3.92. The molecule has 174 valence electrons. The Kier molecular flexibility index (Phi) is 7.13. The van der Waals surface area contributed by atoms with Gasteiger partial charge in [0.1, 0.15) is 18.2 Å². The quantitative estimate of drug-likeness (QED) is 0.606. The fourth-order valence-corrected chi connectivity index (χ4v) is 4.16. The molecule has 1 aliphatic carbocycles. The summed E-state index contributed by atoms with van der Waals surface area (Å²) in [5.74, 6) is -1.33. The number of hydrazone groups is 1. The zero-order valence-electron chi connectivity index (χ0n) is 18.5. The van der Waals surface area contributed by atoms with Crippen molar-refractivity contribution in [2.45, 2.75) is 31.7 Å². The van der Waals surface area contributed by atoms with Crippen LogP contribution in [0.15, 0.2) is 53.6 Å². The van der Waals surface area contributed by atoms with Crippen LogP contribution in [0.4, 0.5) is 8.78 Å². The fourth-order valence-electron chi connectivity index (χ4n) is 4.16. The lowest BCUT2D eigenvalue weighted by Crippen LogP contribution is -2.46. The largest absolute Gasteiger partial charge is 0.383 e. The van der Waals surface area contributed by atoms with Gasteiger partial charge in [-0.2, -0.15) is 5.10 Å². The van der Waals surface area contributed by atoms with E-state index in [1.54, 1.807) is 37.4 Å². The summed E-state index contributed by atoms with van der Waals surface area (Å²) in [6, 6.07) is 11.4. The molecule has 0 radical (unpaired) electrons. The molecule has 0 spiro atoms. The van der Waals surface area contributed by atoms with E-state index in [-0.39, 0.29) is 30.6 Å². The molecule has 0 saturated heterocycles. The van der Waals surface area contributed by atoms with Gasteiger partial charge in [0.2, 0.25) is 5.91 Å². The van der Waals surface area contributed by atoms with Gasteiger partial charge in [0, 0.05) is 31.6 Å². The molecule has 2 amide bonds. The molecule has 0 aromatic heterocycles. The number of carbonyl (C=O) groups is 2. The number of benzene rings is 2. The van der Waals surface area contributed by atoms with E-state index in [1.165, 1.54) is 28.1 Å². The lowest BCUT2D eigenvalue weighted by atomic mass is 9.84. The van der Waals surface area contributed by atoms with Gasteiger partial charge in [-0.05, 0) is 36.6 Å². The number of halogens is 2. The summed E-state index contributed by atoms with van der Waals surface area (Å²) in [4.78, 5) is 27.8. The number of hydrogen-bond donors (Lipinski definition) is 0. The van der Waals surface area contributed by atoms with Crippen LogP contribution in [0.2, 0.25) is 0 Å². The number of hydrogen-bond acceptors (Lipinski definition) is 4. The van der Waals surface area contributed by atoms with Gasteiger partial charge in [0.15, 0.2) is 0 Å². The number of carbonyl (C=O) groups excluding carboxylic acids is 2. The zero-order chi connectivity index (χ0) is 23.4. The molecule has 6 nitrogen and oxygen atoms in total. The molecule has 0 N–H and O–H groups in total. The van der Waals surface area contributed by atoms with E-state index >= 15 is 0 Å². The molecule has 8 heteroatoms. The summed E-state index contributed by atoms with van der Waals surface area (Å²) in [6.45, 7) is 0.445. The van der Waals surface area contributed by atoms with Crippen LogP contribution in [-0.2, 0) is 14.3 Å². The Labute approximate surface area is 191 Å². The average Bonchev–Trinajstić information content (AvgIpc) is 3.21. The third-order valence-corrected chi connectivity index (χ3v) is 6.27. The molecular weight excluding hydrogens is 428 g/mol. The van der Waals surface area contributed by atoms with Crippen LogP contribution in [0.1, 0.15) is 42.9 Å². The van der Waals surface area contributed by atoms with Crippen molar-refractivity contribution in [2.75, 3.05) is 26.8 Å². The third kappa shape index (κ3) is 5.11. The van der Waals surface area contributed by atoms with Crippen molar-refractivity contribution in [3.63, 3.8) is 0 Å². The molecule has 1 heterocycles. The van der Waals surface area contributed by atoms with Crippen LogP contribution in [0, 0.1) is 17.6 Å². The van der Waals surface area contributed by atoms with E-state index in [4.69, 9.17) is 4.74 Å². The van der Waals surface area contributed by atoms with Gasteiger partial charge < -0.3 is 9.64 Å². The van der Waals surface area contributed by atoms with Crippen LogP contribution in [0.5, 0.6) is 0 Å². The van der Waals surface area contributed by atoms with Crippen molar-refractivity contribution >= 4 is 17.5 Å². The van der Waals surface area contributed by atoms with Gasteiger partial charge >= 0.3 is 0 Å². The third-order valence-electron chi connectivity index (χ3n) is 6.27. The Balaban J connectivity index is 1.60. The highest BCUT2D eigenvalue weighted by atomic mass is 19.1. The minimum absolute atomic E-state index is 0.0592. The standard InChI is InChI=1S/C25H27F2N3O3/c1-33-14-13-29(25(32)18-5-4-6-18)16-24(31)30-23(20-7-2-3-8-21(20)27)15-22(28-30)17-9-11-19(26)12-10-17/h2-3,7-12,18,23H,4-6,13-16H2,1H3. The van der Waals surface area contributed by atoms with Crippen LogP contribution in [-0.4, -0.2) is 54.2 Å². The lowest BCUT2D eigenvalue weighted by Gasteiger charge is -2.32. The molecule has 2 aromatic carbocycles. The van der Waals surface area contributed by atoms with Crippen molar-refractivity contribution in [2.24, 2.45) is 11.0 Å². The second-order valence-corrected chi connectivity index (χ2v) is 8.41. The SMILES string of the molecule is COCCN(CC(=O)N1N=C(c2ccc(F)cc2)CC1c1ccccc1F)C(=O)C1CCC1. The van der Waals surface area contributed by atoms with Gasteiger partial charge in [0.25, 0.3) is 5.91 Å². The maximum Gasteiger partial charge on any atom is 0.262 e. The van der Waals surface area contributed by atoms with Crippen LogP contribution in [0.25, 0.3) is 0 Å². The first-order valence-corrected chi connectivity index (χ1v) is 11.2. The Morgan fingerprint density at radius 1 is 1.12 bits per heavy atom. The summed E-state index contributed by atoms with van der Waals surface area (Å²) in [7, 11) is 1.54. The molecule has 4 rings (SSSR count). The molecule has 2 aliphatic rings.